The Kier molecular flexibility index (Phi) is 3.96. The minimum Gasteiger partial charge on any atom is -0.531 e. The molecule has 0 aromatic rings. The minimum atomic E-state index is -0.978. The van der Waals surface area contributed by atoms with Gasteiger partial charge in [-0.1, -0.05) is 0 Å². The summed E-state index contributed by atoms with van der Waals surface area (Å²) in [5.74, 6) is -1.91. The second kappa shape index (κ2) is 4.75. The van der Waals surface area contributed by atoms with Gasteiger partial charge in [-0.05, 0) is 6.92 Å². The van der Waals surface area contributed by atoms with E-state index in [1.165, 1.54) is 6.07 Å². The Balaban J connectivity index is 4.74. The van der Waals surface area contributed by atoms with E-state index in [1.807, 2.05) is 0 Å². The summed E-state index contributed by atoms with van der Waals surface area (Å²) in [6.45, 7) is 7.98. The average molecular weight is 166 g/mol. The molecule has 0 amide bonds. The van der Waals surface area contributed by atoms with Crippen LogP contribution in [0.4, 0.5) is 0 Å². The molecule has 0 aliphatic rings. The number of esters is 1. The van der Waals surface area contributed by atoms with Crippen molar-refractivity contribution in [1.82, 2.24) is 0 Å². The van der Waals surface area contributed by atoms with Crippen LogP contribution in [0.3, 0.4) is 0 Å². The number of aliphatic hydroxyl groups is 1. The smallest absolute Gasteiger partial charge is 0.363 e. The maximum absolute atomic E-state index is 10.8. The molecule has 0 heterocycles. The van der Waals surface area contributed by atoms with E-state index < -0.39 is 17.4 Å². The van der Waals surface area contributed by atoms with Crippen LogP contribution < -0.4 is 0 Å². The Labute approximate surface area is 69.3 Å². The molecule has 1 N–H and O–H groups in total. The highest BCUT2D eigenvalue weighted by atomic mass is 16.5. The van der Waals surface area contributed by atoms with Crippen LogP contribution in [0, 0.1) is 17.9 Å². The highest BCUT2D eigenvalue weighted by Gasteiger charge is 2.15. The van der Waals surface area contributed by atoms with E-state index in [4.69, 9.17) is 16.9 Å². The number of rotatable bonds is 2. The van der Waals surface area contributed by atoms with Crippen LogP contribution >= 0.6 is 0 Å². The largest absolute Gasteiger partial charge is 0.531 e. The number of aliphatic hydroxyl groups excluding tert-OH is 1. The van der Waals surface area contributed by atoms with Crippen LogP contribution in [0.15, 0.2) is 11.5 Å². The van der Waals surface area contributed by atoms with E-state index in [1.54, 1.807) is 6.92 Å². The van der Waals surface area contributed by atoms with Gasteiger partial charge in [0.25, 0.3) is 0 Å². The first-order valence-corrected chi connectivity index (χ1v) is 3.05. The molecule has 0 rings (SSSR count). The van der Waals surface area contributed by atoms with Crippen molar-refractivity contribution >= 4 is 5.97 Å². The standard InChI is InChI=1S/C7H6N2O3/c1-3-12-7(11)5(4-8)6(10)9-2/h10H,3H2,1H3/b6-5-. The first-order chi connectivity index (χ1) is 5.67. The van der Waals surface area contributed by atoms with Gasteiger partial charge in [-0.3, -0.25) is 0 Å². The quantitative estimate of drug-likeness (QED) is 0.216. The summed E-state index contributed by atoms with van der Waals surface area (Å²) in [5, 5.41) is 17.0. The van der Waals surface area contributed by atoms with Gasteiger partial charge in [0.05, 0.1) is 19.2 Å². The fourth-order valence-electron chi connectivity index (χ4n) is 0.446. The molecular formula is C7H6N2O3. The summed E-state index contributed by atoms with van der Waals surface area (Å²) < 4.78 is 4.40. The summed E-state index contributed by atoms with van der Waals surface area (Å²) in [4.78, 5) is 13.3. The summed E-state index contributed by atoms with van der Waals surface area (Å²) in [5.41, 5.74) is -0.660. The van der Waals surface area contributed by atoms with Crippen LogP contribution in [-0.2, 0) is 9.53 Å². The first kappa shape index (κ1) is 9.99. The predicted octanol–water partition coefficient (Wildman–Crippen LogP) is 0.762. The third-order valence-corrected chi connectivity index (χ3v) is 0.921. The van der Waals surface area contributed by atoms with E-state index in [2.05, 4.69) is 9.58 Å². The second-order valence-electron chi connectivity index (χ2n) is 1.64. The lowest BCUT2D eigenvalue weighted by atomic mass is 10.3. The third-order valence-electron chi connectivity index (χ3n) is 0.921. The Morgan fingerprint density at radius 1 is 1.83 bits per heavy atom. The van der Waals surface area contributed by atoms with E-state index >= 15 is 0 Å². The summed E-state index contributed by atoms with van der Waals surface area (Å²) in [7, 11) is 0. The average Bonchev–Trinajstić information content (AvgIpc) is 2.06. The molecule has 0 radical (unpaired) electrons. The van der Waals surface area contributed by atoms with Crippen LogP contribution in [0.2, 0.25) is 0 Å². The van der Waals surface area contributed by atoms with Crippen molar-refractivity contribution < 1.29 is 14.6 Å². The Morgan fingerprint density at radius 3 is 2.75 bits per heavy atom. The van der Waals surface area contributed by atoms with Gasteiger partial charge in [0.1, 0.15) is 0 Å². The molecule has 0 saturated carbocycles. The summed E-state index contributed by atoms with van der Waals surface area (Å²) in [6.07, 6.45) is 0. The molecule has 0 atom stereocenters. The van der Waals surface area contributed by atoms with Gasteiger partial charge in [-0.15, -0.1) is 0 Å². The molecule has 0 bridgehead atoms. The van der Waals surface area contributed by atoms with Gasteiger partial charge in [0.15, 0.2) is 5.57 Å². The molecule has 0 aliphatic heterocycles. The van der Waals surface area contributed by atoms with Crippen LogP contribution in [0.25, 0.3) is 4.85 Å². The lowest BCUT2D eigenvalue weighted by Crippen LogP contribution is -2.07. The Morgan fingerprint density at radius 2 is 2.42 bits per heavy atom. The van der Waals surface area contributed by atoms with E-state index in [-0.39, 0.29) is 6.61 Å². The number of hydrogen-bond acceptors (Lipinski definition) is 4. The first-order valence-electron chi connectivity index (χ1n) is 3.05. The van der Waals surface area contributed by atoms with Crippen molar-refractivity contribution in [1.29, 1.82) is 5.26 Å². The molecule has 0 fully saturated rings. The molecule has 0 aliphatic carbocycles. The van der Waals surface area contributed by atoms with Gasteiger partial charge in [-0.25, -0.2) is 4.79 Å². The third kappa shape index (κ3) is 2.31. The topological polar surface area (TPSA) is 74.7 Å². The SMILES string of the molecule is [C-]#[N+]/C(O)=C(\C#N)C(=O)OCC. The lowest BCUT2D eigenvalue weighted by Gasteiger charge is -1.97. The number of carbonyl (C=O) groups excluding carboxylic acids is 1. The molecule has 5 nitrogen and oxygen atoms in total. The zero-order chi connectivity index (χ0) is 9.56. The minimum absolute atomic E-state index is 0.0926. The Hall–Kier alpha value is -2.01. The molecule has 5 heteroatoms. The van der Waals surface area contributed by atoms with Crippen molar-refractivity contribution in [3.8, 4) is 6.07 Å². The van der Waals surface area contributed by atoms with Crippen molar-refractivity contribution in [3.63, 3.8) is 0 Å². The van der Waals surface area contributed by atoms with Crippen LogP contribution in [0.1, 0.15) is 6.92 Å². The number of ether oxygens (including phenoxy) is 1. The molecule has 62 valence electrons. The zero-order valence-corrected chi connectivity index (χ0v) is 6.37. The monoisotopic (exact) mass is 166 g/mol. The lowest BCUT2D eigenvalue weighted by molar-refractivity contribution is -0.138. The molecular weight excluding hydrogens is 160 g/mol. The maximum atomic E-state index is 10.8. The highest BCUT2D eigenvalue weighted by molar-refractivity contribution is 5.93. The van der Waals surface area contributed by atoms with Crippen LogP contribution in [-0.4, -0.2) is 17.7 Å². The second-order valence-corrected chi connectivity index (χ2v) is 1.64. The fourth-order valence-corrected chi connectivity index (χ4v) is 0.446. The van der Waals surface area contributed by atoms with Gasteiger partial charge < -0.3 is 9.84 Å². The number of carbonyl (C=O) groups is 1. The molecule has 0 unspecified atom stereocenters. The fraction of sp³-hybridized carbons (Fsp3) is 0.286. The number of nitriles is 1. The van der Waals surface area contributed by atoms with E-state index in [0.717, 1.165) is 0 Å². The number of nitrogens with zero attached hydrogens (tertiary/aromatic N) is 2. The van der Waals surface area contributed by atoms with E-state index in [0.29, 0.717) is 0 Å². The molecule has 0 aromatic heterocycles. The van der Waals surface area contributed by atoms with Gasteiger partial charge in [0.2, 0.25) is 0 Å². The summed E-state index contributed by atoms with van der Waals surface area (Å²) in [6, 6.07) is 1.38. The summed E-state index contributed by atoms with van der Waals surface area (Å²) >= 11 is 0. The zero-order valence-electron chi connectivity index (χ0n) is 6.37. The predicted molar refractivity (Wildman–Crippen MR) is 38.5 cm³/mol. The van der Waals surface area contributed by atoms with Gasteiger partial charge >= 0.3 is 11.9 Å². The maximum Gasteiger partial charge on any atom is 0.363 e. The molecule has 0 spiro atoms. The number of hydrogen-bond donors (Lipinski definition) is 1. The Bertz CT molecular complexity index is 293. The molecule has 0 aromatic carbocycles. The molecule has 0 saturated heterocycles. The van der Waals surface area contributed by atoms with E-state index in [9.17, 15) is 4.79 Å². The van der Waals surface area contributed by atoms with Crippen LogP contribution in [0.5, 0.6) is 0 Å². The van der Waals surface area contributed by atoms with Gasteiger partial charge in [-0.2, -0.15) is 10.1 Å². The van der Waals surface area contributed by atoms with Crippen molar-refractivity contribution in [3.05, 3.63) is 22.9 Å². The van der Waals surface area contributed by atoms with Crippen molar-refractivity contribution in [2.24, 2.45) is 0 Å². The van der Waals surface area contributed by atoms with Crippen molar-refractivity contribution in [2.45, 2.75) is 6.92 Å². The van der Waals surface area contributed by atoms with Crippen molar-refractivity contribution in [2.75, 3.05) is 6.61 Å². The van der Waals surface area contributed by atoms with Gasteiger partial charge in [0, 0.05) is 0 Å². The molecule has 12 heavy (non-hydrogen) atoms. The highest BCUT2D eigenvalue weighted by Crippen LogP contribution is 2.03. The normalized spacial score (nSPS) is 10.6.